The lowest BCUT2D eigenvalue weighted by Gasteiger charge is -2.38. The van der Waals surface area contributed by atoms with E-state index < -0.39 is 0 Å². The summed E-state index contributed by atoms with van der Waals surface area (Å²) >= 11 is 0. The van der Waals surface area contributed by atoms with Crippen molar-refractivity contribution in [2.45, 2.75) is 19.1 Å². The molecule has 1 N–H and O–H groups in total. The van der Waals surface area contributed by atoms with E-state index in [9.17, 15) is 4.39 Å². The zero-order valence-electron chi connectivity index (χ0n) is 10.5. The molecule has 19 heavy (non-hydrogen) atoms. The van der Waals surface area contributed by atoms with Gasteiger partial charge < -0.3 is 14.6 Å². The second-order valence-electron chi connectivity index (χ2n) is 4.83. The summed E-state index contributed by atoms with van der Waals surface area (Å²) in [6, 6.07) is 6.32. The maximum Gasteiger partial charge on any atom is 0.252 e. The summed E-state index contributed by atoms with van der Waals surface area (Å²) in [5.74, 6) is 0.228. The van der Waals surface area contributed by atoms with E-state index in [2.05, 4.69) is 15.5 Å². The largest absolute Gasteiger partial charge is 0.363 e. The minimum Gasteiger partial charge on any atom is -0.363 e. The van der Waals surface area contributed by atoms with E-state index in [-0.39, 0.29) is 23.8 Å². The number of hydrogen-bond acceptors (Lipinski definition) is 5. The van der Waals surface area contributed by atoms with Crippen LogP contribution in [0.15, 0.2) is 28.8 Å². The van der Waals surface area contributed by atoms with Gasteiger partial charge >= 0.3 is 0 Å². The average molecular weight is 263 g/mol. The highest BCUT2D eigenvalue weighted by Crippen LogP contribution is 2.21. The van der Waals surface area contributed by atoms with E-state index in [4.69, 9.17) is 9.26 Å². The molecule has 1 saturated heterocycles. The molecule has 1 aromatic carbocycles. The van der Waals surface area contributed by atoms with Crippen molar-refractivity contribution in [3.8, 4) is 11.4 Å². The fourth-order valence-corrected chi connectivity index (χ4v) is 1.88. The van der Waals surface area contributed by atoms with Crippen molar-refractivity contribution in [1.82, 2.24) is 15.5 Å². The lowest BCUT2D eigenvalue weighted by atomic mass is 10.0. The molecule has 1 fully saturated rings. The minimum absolute atomic E-state index is 0.174. The van der Waals surface area contributed by atoms with Crippen molar-refractivity contribution in [1.29, 1.82) is 0 Å². The topological polar surface area (TPSA) is 60.2 Å². The van der Waals surface area contributed by atoms with Crippen molar-refractivity contribution < 1.29 is 13.7 Å². The van der Waals surface area contributed by atoms with Gasteiger partial charge in [-0.25, -0.2) is 4.39 Å². The Kier molecular flexibility index (Phi) is 3.04. The van der Waals surface area contributed by atoms with Crippen molar-refractivity contribution in [2.24, 2.45) is 0 Å². The Morgan fingerprint density at radius 1 is 1.42 bits per heavy atom. The molecular weight excluding hydrogens is 249 g/mol. The van der Waals surface area contributed by atoms with Crippen LogP contribution in [-0.2, 0) is 11.3 Å². The summed E-state index contributed by atoms with van der Waals surface area (Å²) in [7, 11) is 0. The maximum absolute atomic E-state index is 13.6. The van der Waals surface area contributed by atoms with Gasteiger partial charge in [-0.05, 0) is 19.1 Å². The average Bonchev–Trinajstić information content (AvgIpc) is 2.83. The van der Waals surface area contributed by atoms with E-state index in [0.717, 1.165) is 13.1 Å². The smallest absolute Gasteiger partial charge is 0.252 e. The molecule has 1 aliphatic heterocycles. The van der Waals surface area contributed by atoms with E-state index in [1.54, 1.807) is 18.2 Å². The first-order chi connectivity index (χ1) is 9.16. The molecule has 6 heteroatoms. The first-order valence-electron chi connectivity index (χ1n) is 6.08. The third-order valence-corrected chi connectivity index (χ3v) is 3.12. The number of benzene rings is 1. The Bertz CT molecular complexity index is 581. The first kappa shape index (κ1) is 12.3. The van der Waals surface area contributed by atoms with Crippen LogP contribution in [0.4, 0.5) is 4.39 Å². The molecule has 0 bridgehead atoms. The molecule has 0 saturated carbocycles. The third-order valence-electron chi connectivity index (χ3n) is 3.12. The fourth-order valence-electron chi connectivity index (χ4n) is 1.88. The highest BCUT2D eigenvalue weighted by atomic mass is 19.1. The number of nitrogens with one attached hydrogen (secondary N) is 1. The minimum atomic E-state index is -0.370. The van der Waals surface area contributed by atoms with Gasteiger partial charge in [-0.3, -0.25) is 0 Å². The van der Waals surface area contributed by atoms with E-state index in [0.29, 0.717) is 11.5 Å². The number of hydrogen-bond donors (Lipinski definition) is 1. The fraction of sp³-hybridized carbons (Fsp3) is 0.385. The summed E-state index contributed by atoms with van der Waals surface area (Å²) in [5, 5.41) is 6.91. The first-order valence-corrected chi connectivity index (χ1v) is 6.08. The Hall–Kier alpha value is -1.79. The van der Waals surface area contributed by atoms with Crippen LogP contribution in [0.1, 0.15) is 12.8 Å². The van der Waals surface area contributed by atoms with Crippen LogP contribution >= 0.6 is 0 Å². The normalized spacial score (nSPS) is 17.2. The van der Waals surface area contributed by atoms with Gasteiger partial charge in [0.05, 0.1) is 11.2 Å². The van der Waals surface area contributed by atoms with E-state index in [1.165, 1.54) is 6.07 Å². The van der Waals surface area contributed by atoms with Crippen molar-refractivity contribution >= 4 is 0 Å². The van der Waals surface area contributed by atoms with Crippen molar-refractivity contribution in [2.75, 3.05) is 13.1 Å². The molecule has 3 rings (SSSR count). The zero-order chi connectivity index (χ0) is 13.3. The van der Waals surface area contributed by atoms with Crippen LogP contribution in [0.2, 0.25) is 0 Å². The number of halogens is 1. The number of aromatic nitrogens is 2. The monoisotopic (exact) mass is 263 g/mol. The van der Waals surface area contributed by atoms with Gasteiger partial charge in [0.25, 0.3) is 5.89 Å². The summed E-state index contributed by atoms with van der Waals surface area (Å²) in [4.78, 5) is 4.14. The van der Waals surface area contributed by atoms with Gasteiger partial charge in [0.1, 0.15) is 12.4 Å². The highest BCUT2D eigenvalue weighted by molar-refractivity contribution is 5.54. The molecule has 0 radical (unpaired) electrons. The second kappa shape index (κ2) is 4.71. The molecule has 0 amide bonds. The summed E-state index contributed by atoms with van der Waals surface area (Å²) in [6.07, 6.45) is 0. The number of ether oxygens (including phenoxy) is 1. The van der Waals surface area contributed by atoms with Crippen LogP contribution in [0.25, 0.3) is 11.4 Å². The van der Waals surface area contributed by atoms with Gasteiger partial charge in [-0.2, -0.15) is 4.98 Å². The van der Waals surface area contributed by atoms with Gasteiger partial charge in [0, 0.05) is 13.1 Å². The van der Waals surface area contributed by atoms with Gasteiger partial charge in [0.15, 0.2) is 0 Å². The Balaban J connectivity index is 1.71. The molecule has 5 nitrogen and oxygen atoms in total. The summed E-state index contributed by atoms with van der Waals surface area (Å²) in [5.41, 5.74) is 0.154. The van der Waals surface area contributed by atoms with Crippen molar-refractivity contribution in [3.05, 3.63) is 36.0 Å². The Morgan fingerprint density at radius 2 is 2.21 bits per heavy atom. The molecule has 0 atom stereocenters. The standard InChI is InChI=1S/C13H14FN3O2/c1-13(7-15-8-13)18-6-11-16-12(17-19-11)9-4-2-3-5-10(9)14/h2-5,15H,6-8H2,1H3. The molecule has 1 aliphatic rings. The molecule has 0 aliphatic carbocycles. The summed E-state index contributed by atoms with van der Waals surface area (Å²) in [6.45, 7) is 3.86. The molecule has 0 unspecified atom stereocenters. The number of nitrogens with zero attached hydrogens (tertiary/aromatic N) is 2. The lowest BCUT2D eigenvalue weighted by molar-refractivity contribution is -0.0841. The van der Waals surface area contributed by atoms with Crippen LogP contribution in [0.3, 0.4) is 0 Å². The predicted octanol–water partition coefficient (Wildman–Crippen LogP) is 1.75. The highest BCUT2D eigenvalue weighted by Gasteiger charge is 2.33. The van der Waals surface area contributed by atoms with Crippen LogP contribution in [-0.4, -0.2) is 28.8 Å². The van der Waals surface area contributed by atoms with Crippen molar-refractivity contribution in [3.63, 3.8) is 0 Å². The molecule has 100 valence electrons. The SMILES string of the molecule is CC1(OCc2nc(-c3ccccc3F)no2)CNC1. The van der Waals surface area contributed by atoms with Gasteiger partial charge in [-0.15, -0.1) is 0 Å². The van der Waals surface area contributed by atoms with Crippen LogP contribution < -0.4 is 5.32 Å². The van der Waals surface area contributed by atoms with Gasteiger partial charge in [0.2, 0.25) is 5.82 Å². The lowest BCUT2D eigenvalue weighted by Crippen LogP contribution is -2.58. The molecule has 2 heterocycles. The molecule has 1 aromatic heterocycles. The van der Waals surface area contributed by atoms with Crippen LogP contribution in [0, 0.1) is 5.82 Å². The maximum atomic E-state index is 13.6. The predicted molar refractivity (Wildman–Crippen MR) is 65.8 cm³/mol. The molecule has 0 spiro atoms. The Labute approximate surface area is 109 Å². The summed E-state index contributed by atoms with van der Waals surface area (Å²) < 4.78 is 24.3. The zero-order valence-corrected chi connectivity index (χ0v) is 10.5. The third kappa shape index (κ3) is 2.50. The van der Waals surface area contributed by atoms with Gasteiger partial charge in [-0.1, -0.05) is 17.3 Å². The Morgan fingerprint density at radius 3 is 2.89 bits per heavy atom. The molecular formula is C13H14FN3O2. The number of rotatable bonds is 4. The second-order valence-corrected chi connectivity index (χ2v) is 4.83. The van der Waals surface area contributed by atoms with Crippen LogP contribution in [0.5, 0.6) is 0 Å². The van der Waals surface area contributed by atoms with E-state index >= 15 is 0 Å². The van der Waals surface area contributed by atoms with E-state index in [1.807, 2.05) is 6.92 Å². The molecule has 2 aromatic rings. The quantitative estimate of drug-likeness (QED) is 0.910.